The van der Waals surface area contributed by atoms with Crippen molar-refractivity contribution in [1.29, 1.82) is 5.26 Å². The summed E-state index contributed by atoms with van der Waals surface area (Å²) in [5.41, 5.74) is 0.723. The molecule has 0 amide bonds. The normalized spacial score (nSPS) is 8.44. The lowest BCUT2D eigenvalue weighted by Crippen LogP contribution is -2.06. The number of benzene rings is 1. The minimum atomic E-state index is -0.566. The van der Waals surface area contributed by atoms with Crippen molar-refractivity contribution in [2.75, 3.05) is 0 Å². The van der Waals surface area contributed by atoms with Crippen molar-refractivity contribution in [3.63, 3.8) is 0 Å². The monoisotopic (exact) mass is 245 g/mol. The van der Waals surface area contributed by atoms with Crippen molar-refractivity contribution in [3.05, 3.63) is 45.8 Å². The summed E-state index contributed by atoms with van der Waals surface area (Å²) in [5, 5.41) is 9.56. The van der Waals surface area contributed by atoms with Gasteiger partial charge in [-0.3, -0.25) is 0 Å². The first-order chi connectivity index (χ1) is 8.74. The molecule has 0 unspecified atom stereocenters. The Kier molecular flexibility index (Phi) is 7.14. The van der Waals surface area contributed by atoms with Gasteiger partial charge in [-0.05, 0) is 18.6 Å². The van der Waals surface area contributed by atoms with Gasteiger partial charge in [-0.15, -0.1) is 0 Å². The van der Waals surface area contributed by atoms with Gasteiger partial charge in [0.25, 0.3) is 0 Å². The van der Waals surface area contributed by atoms with Crippen LogP contribution in [0.5, 0.6) is 0 Å². The zero-order valence-corrected chi connectivity index (χ0v) is 11.6. The zero-order valence-electron chi connectivity index (χ0n) is 11.6. The first kappa shape index (κ1) is 15.9. The highest BCUT2D eigenvalue weighted by Gasteiger charge is 2.09. The van der Waals surface area contributed by atoms with Crippen LogP contribution in [0.1, 0.15) is 38.8 Å². The number of nitriles is 1. The molecule has 0 spiro atoms. The molecule has 2 rings (SSSR count). The fourth-order valence-corrected chi connectivity index (χ4v) is 1.43. The van der Waals surface area contributed by atoms with Gasteiger partial charge >= 0.3 is 5.63 Å². The third-order valence-electron chi connectivity index (χ3n) is 2.18. The van der Waals surface area contributed by atoms with Gasteiger partial charge in [-0.2, -0.15) is 5.26 Å². The predicted octanol–water partition coefficient (Wildman–Crippen LogP) is 4.03. The highest BCUT2D eigenvalue weighted by Crippen LogP contribution is 2.17. The standard InChI is InChI=1S/C11H7NO2.2C2H6/c1-7-8-4-2-3-5-10(8)14-11(13)9(7)6-12;2*1-2/h2-5H,1H3;2*1-2H3. The van der Waals surface area contributed by atoms with Gasteiger partial charge in [0.15, 0.2) is 0 Å². The van der Waals surface area contributed by atoms with Crippen LogP contribution in [0.4, 0.5) is 0 Å². The van der Waals surface area contributed by atoms with Crippen molar-refractivity contribution >= 4 is 11.0 Å². The molecule has 3 heteroatoms. The van der Waals surface area contributed by atoms with Gasteiger partial charge in [0.2, 0.25) is 0 Å². The van der Waals surface area contributed by atoms with Crippen LogP contribution in [0.25, 0.3) is 11.0 Å². The third kappa shape index (κ3) is 3.21. The van der Waals surface area contributed by atoms with E-state index in [0.717, 1.165) is 5.39 Å². The van der Waals surface area contributed by atoms with Crippen LogP contribution in [0, 0.1) is 18.3 Å². The van der Waals surface area contributed by atoms with Crippen LogP contribution in [-0.2, 0) is 0 Å². The highest BCUT2D eigenvalue weighted by atomic mass is 16.4. The summed E-state index contributed by atoms with van der Waals surface area (Å²) in [6.45, 7) is 9.75. The minimum Gasteiger partial charge on any atom is -0.422 e. The molecule has 0 bridgehead atoms. The molecule has 3 nitrogen and oxygen atoms in total. The van der Waals surface area contributed by atoms with Crippen molar-refractivity contribution in [1.82, 2.24) is 0 Å². The Hall–Kier alpha value is -2.08. The van der Waals surface area contributed by atoms with Gasteiger partial charge in [0.1, 0.15) is 17.2 Å². The maximum absolute atomic E-state index is 11.3. The van der Waals surface area contributed by atoms with Crippen LogP contribution >= 0.6 is 0 Å². The molecule has 0 atom stereocenters. The van der Waals surface area contributed by atoms with E-state index in [1.54, 1.807) is 19.1 Å². The summed E-state index contributed by atoms with van der Waals surface area (Å²) in [4.78, 5) is 11.3. The number of nitrogens with zero attached hydrogens (tertiary/aromatic N) is 1. The SMILES string of the molecule is CC.CC.Cc1c(C#N)c(=O)oc2ccccc12. The molecule has 96 valence electrons. The van der Waals surface area contributed by atoms with Crippen LogP contribution in [0.2, 0.25) is 0 Å². The minimum absolute atomic E-state index is 0.0868. The summed E-state index contributed by atoms with van der Waals surface area (Å²) in [5.74, 6) is 0. The Balaban J connectivity index is 0.000000659. The van der Waals surface area contributed by atoms with Gasteiger partial charge in [0.05, 0.1) is 0 Å². The molecule has 2 aromatic rings. The predicted molar refractivity (Wildman–Crippen MR) is 74.6 cm³/mol. The smallest absolute Gasteiger partial charge is 0.354 e. The van der Waals surface area contributed by atoms with E-state index in [1.807, 2.05) is 45.9 Å². The Bertz CT molecular complexity index is 591. The molecule has 0 saturated heterocycles. The summed E-state index contributed by atoms with van der Waals surface area (Å²) >= 11 is 0. The van der Waals surface area contributed by atoms with E-state index in [-0.39, 0.29) is 5.56 Å². The van der Waals surface area contributed by atoms with Gasteiger partial charge in [-0.1, -0.05) is 45.9 Å². The number of rotatable bonds is 0. The molecule has 1 heterocycles. The molecule has 0 aliphatic rings. The summed E-state index contributed by atoms with van der Waals surface area (Å²) in [6, 6.07) is 9.02. The zero-order chi connectivity index (χ0) is 14.1. The summed E-state index contributed by atoms with van der Waals surface area (Å²) in [7, 11) is 0. The molecule has 1 aromatic carbocycles. The van der Waals surface area contributed by atoms with E-state index in [4.69, 9.17) is 9.68 Å². The second kappa shape index (κ2) is 8.08. The first-order valence-electron chi connectivity index (χ1n) is 6.16. The van der Waals surface area contributed by atoms with Crippen LogP contribution in [0.15, 0.2) is 33.5 Å². The Morgan fingerprint density at radius 2 is 1.67 bits per heavy atom. The maximum Gasteiger partial charge on any atom is 0.354 e. The Labute approximate surface area is 108 Å². The van der Waals surface area contributed by atoms with Gasteiger partial charge in [-0.25, -0.2) is 4.79 Å². The van der Waals surface area contributed by atoms with E-state index < -0.39 is 5.63 Å². The van der Waals surface area contributed by atoms with Crippen molar-refractivity contribution in [2.24, 2.45) is 0 Å². The Morgan fingerprint density at radius 3 is 2.22 bits per heavy atom. The molecule has 18 heavy (non-hydrogen) atoms. The highest BCUT2D eigenvalue weighted by molar-refractivity contribution is 5.81. The van der Waals surface area contributed by atoms with Gasteiger partial charge in [0, 0.05) is 5.39 Å². The summed E-state index contributed by atoms with van der Waals surface area (Å²) in [6.07, 6.45) is 0. The van der Waals surface area contributed by atoms with E-state index in [9.17, 15) is 4.79 Å². The maximum atomic E-state index is 11.3. The van der Waals surface area contributed by atoms with Crippen molar-refractivity contribution in [3.8, 4) is 6.07 Å². The molecule has 0 radical (unpaired) electrons. The molecule has 0 aliphatic carbocycles. The van der Waals surface area contributed by atoms with Crippen LogP contribution in [-0.4, -0.2) is 0 Å². The molecule has 1 aromatic heterocycles. The number of hydrogen-bond acceptors (Lipinski definition) is 3. The fraction of sp³-hybridized carbons (Fsp3) is 0.333. The first-order valence-corrected chi connectivity index (χ1v) is 6.16. The second-order valence-electron chi connectivity index (χ2n) is 3.00. The number of fused-ring (bicyclic) bond motifs is 1. The van der Waals surface area contributed by atoms with E-state index in [0.29, 0.717) is 11.1 Å². The molecule has 0 N–H and O–H groups in total. The fourth-order valence-electron chi connectivity index (χ4n) is 1.43. The van der Waals surface area contributed by atoms with Crippen molar-refractivity contribution in [2.45, 2.75) is 34.6 Å². The lowest BCUT2D eigenvalue weighted by atomic mass is 10.1. The van der Waals surface area contributed by atoms with Crippen LogP contribution < -0.4 is 5.63 Å². The average Bonchev–Trinajstić information content (AvgIpc) is 2.44. The largest absolute Gasteiger partial charge is 0.422 e. The lowest BCUT2D eigenvalue weighted by molar-refractivity contribution is 0.557. The molecular formula is C15H19NO2. The topological polar surface area (TPSA) is 54.0 Å². The lowest BCUT2D eigenvalue weighted by Gasteiger charge is -2.00. The summed E-state index contributed by atoms with van der Waals surface area (Å²) < 4.78 is 4.99. The molecule has 0 aliphatic heterocycles. The van der Waals surface area contributed by atoms with E-state index in [2.05, 4.69) is 0 Å². The van der Waals surface area contributed by atoms with E-state index in [1.165, 1.54) is 0 Å². The van der Waals surface area contributed by atoms with Gasteiger partial charge < -0.3 is 4.42 Å². The Morgan fingerprint density at radius 1 is 1.11 bits per heavy atom. The number of hydrogen-bond donors (Lipinski definition) is 0. The third-order valence-corrected chi connectivity index (χ3v) is 2.18. The molecule has 0 saturated carbocycles. The average molecular weight is 245 g/mol. The number of para-hydroxylation sites is 1. The number of aryl methyl sites for hydroxylation is 1. The van der Waals surface area contributed by atoms with Crippen LogP contribution in [0.3, 0.4) is 0 Å². The van der Waals surface area contributed by atoms with E-state index >= 15 is 0 Å². The molecule has 0 fully saturated rings. The molecular weight excluding hydrogens is 226 g/mol. The quantitative estimate of drug-likeness (QED) is 0.658. The second-order valence-corrected chi connectivity index (χ2v) is 3.00. The van der Waals surface area contributed by atoms with Crippen molar-refractivity contribution < 1.29 is 4.42 Å².